The highest BCUT2D eigenvalue weighted by Gasteiger charge is 2.13. The molecule has 0 heterocycles. The number of anilines is 1. The van der Waals surface area contributed by atoms with Gasteiger partial charge in [0.15, 0.2) is 9.84 Å². The average Bonchev–Trinajstić information content (AvgIpc) is 2.38. The molecule has 6 heteroatoms. The molecule has 0 bridgehead atoms. The zero-order valence-corrected chi connectivity index (χ0v) is 13.9. The Kier molecular flexibility index (Phi) is 6.36. The minimum absolute atomic E-state index is 0.147. The van der Waals surface area contributed by atoms with Gasteiger partial charge >= 0.3 is 0 Å². The summed E-state index contributed by atoms with van der Waals surface area (Å²) < 4.78 is 23.0. The second-order valence-corrected chi connectivity index (χ2v) is 7.42. The van der Waals surface area contributed by atoms with Gasteiger partial charge in [-0.25, -0.2) is 8.42 Å². The summed E-state index contributed by atoms with van der Waals surface area (Å²) in [6.45, 7) is 4.48. The Morgan fingerprint density at radius 3 is 2.62 bits per heavy atom. The number of rotatable bonds is 7. The zero-order chi connectivity index (χ0) is 16.0. The largest absolute Gasteiger partial charge is 0.325 e. The van der Waals surface area contributed by atoms with Crippen molar-refractivity contribution in [1.29, 1.82) is 0 Å². The second kappa shape index (κ2) is 7.56. The fraction of sp³-hybridized carbons (Fsp3) is 0.533. The molecule has 0 aliphatic heterocycles. The maximum atomic E-state index is 12.0. The van der Waals surface area contributed by atoms with Crippen molar-refractivity contribution in [3.8, 4) is 0 Å². The number of nitrogens with zero attached hydrogens (tertiary/aromatic N) is 1. The number of hydrogen-bond acceptors (Lipinski definition) is 4. The SMILES string of the molecule is CCC[C@H](C)N(C)CC(=O)Nc1cccc(S(C)(=O)=O)c1. The van der Waals surface area contributed by atoms with Crippen molar-refractivity contribution in [2.45, 2.75) is 37.6 Å². The van der Waals surface area contributed by atoms with Crippen LogP contribution in [-0.4, -0.2) is 45.1 Å². The monoisotopic (exact) mass is 312 g/mol. The first-order chi connectivity index (χ1) is 9.74. The zero-order valence-electron chi connectivity index (χ0n) is 13.1. The van der Waals surface area contributed by atoms with Gasteiger partial charge < -0.3 is 5.32 Å². The fourth-order valence-electron chi connectivity index (χ4n) is 2.03. The van der Waals surface area contributed by atoms with Crippen molar-refractivity contribution in [1.82, 2.24) is 4.90 Å². The molecule has 1 aromatic carbocycles. The predicted molar refractivity (Wildman–Crippen MR) is 85.2 cm³/mol. The Balaban J connectivity index is 2.67. The topological polar surface area (TPSA) is 66.5 Å². The third-order valence-electron chi connectivity index (χ3n) is 3.40. The molecule has 21 heavy (non-hydrogen) atoms. The molecule has 0 saturated heterocycles. The third kappa shape index (κ3) is 5.85. The van der Waals surface area contributed by atoms with Crippen LogP contribution >= 0.6 is 0 Å². The highest BCUT2D eigenvalue weighted by molar-refractivity contribution is 7.90. The summed E-state index contributed by atoms with van der Waals surface area (Å²) in [4.78, 5) is 14.2. The lowest BCUT2D eigenvalue weighted by Gasteiger charge is -2.23. The van der Waals surface area contributed by atoms with Gasteiger partial charge in [0.2, 0.25) is 5.91 Å². The van der Waals surface area contributed by atoms with Crippen LogP contribution in [-0.2, 0) is 14.6 Å². The molecule has 0 aliphatic carbocycles. The summed E-state index contributed by atoms with van der Waals surface area (Å²) in [5.74, 6) is -0.147. The van der Waals surface area contributed by atoms with Gasteiger partial charge in [-0.05, 0) is 38.6 Å². The van der Waals surface area contributed by atoms with Crippen LogP contribution in [0, 0.1) is 0 Å². The van der Waals surface area contributed by atoms with Gasteiger partial charge in [0.1, 0.15) is 0 Å². The fourth-order valence-corrected chi connectivity index (χ4v) is 2.69. The van der Waals surface area contributed by atoms with Crippen LogP contribution in [0.2, 0.25) is 0 Å². The Morgan fingerprint density at radius 1 is 1.38 bits per heavy atom. The van der Waals surface area contributed by atoms with Gasteiger partial charge in [-0.2, -0.15) is 0 Å². The first-order valence-electron chi connectivity index (χ1n) is 7.04. The highest BCUT2D eigenvalue weighted by atomic mass is 32.2. The van der Waals surface area contributed by atoms with E-state index in [1.54, 1.807) is 12.1 Å². The molecule has 1 amide bonds. The smallest absolute Gasteiger partial charge is 0.238 e. The molecule has 1 rings (SSSR count). The summed E-state index contributed by atoms with van der Waals surface area (Å²) in [6.07, 6.45) is 3.25. The quantitative estimate of drug-likeness (QED) is 0.838. The minimum Gasteiger partial charge on any atom is -0.325 e. The molecular weight excluding hydrogens is 288 g/mol. The number of carbonyl (C=O) groups is 1. The molecule has 1 atom stereocenters. The third-order valence-corrected chi connectivity index (χ3v) is 4.51. The molecule has 0 radical (unpaired) electrons. The van der Waals surface area contributed by atoms with Gasteiger partial charge in [-0.3, -0.25) is 9.69 Å². The van der Waals surface area contributed by atoms with Gasteiger partial charge in [0.25, 0.3) is 0 Å². The molecule has 0 aromatic heterocycles. The Hall–Kier alpha value is -1.40. The second-order valence-electron chi connectivity index (χ2n) is 5.40. The Bertz CT molecular complexity index is 584. The normalized spacial score (nSPS) is 13.2. The van der Waals surface area contributed by atoms with Crippen LogP contribution < -0.4 is 5.32 Å². The molecule has 118 valence electrons. The lowest BCUT2D eigenvalue weighted by molar-refractivity contribution is -0.117. The van der Waals surface area contributed by atoms with Crippen LogP contribution in [0.15, 0.2) is 29.2 Å². The number of carbonyl (C=O) groups excluding carboxylic acids is 1. The van der Waals surface area contributed by atoms with Crippen LogP contribution in [0.1, 0.15) is 26.7 Å². The molecule has 5 nitrogen and oxygen atoms in total. The lowest BCUT2D eigenvalue weighted by Crippen LogP contribution is -2.36. The molecule has 0 fully saturated rings. The summed E-state index contributed by atoms with van der Waals surface area (Å²) in [6, 6.07) is 6.63. The van der Waals surface area contributed by atoms with Crippen molar-refractivity contribution in [2.75, 3.05) is 25.2 Å². The van der Waals surface area contributed by atoms with Gasteiger partial charge in [-0.15, -0.1) is 0 Å². The molecule has 1 aromatic rings. The number of sulfone groups is 1. The number of hydrogen-bond donors (Lipinski definition) is 1. The first kappa shape index (κ1) is 17.7. The van der Waals surface area contributed by atoms with Crippen LogP contribution in [0.4, 0.5) is 5.69 Å². The Morgan fingerprint density at radius 2 is 2.05 bits per heavy atom. The molecule has 0 aliphatic rings. The maximum absolute atomic E-state index is 12.0. The number of amides is 1. The van der Waals surface area contributed by atoms with E-state index in [9.17, 15) is 13.2 Å². The number of nitrogens with one attached hydrogen (secondary N) is 1. The van der Waals surface area contributed by atoms with Crippen LogP contribution in [0.5, 0.6) is 0 Å². The maximum Gasteiger partial charge on any atom is 0.238 e. The van der Waals surface area contributed by atoms with Gasteiger partial charge in [0, 0.05) is 18.0 Å². The van der Waals surface area contributed by atoms with Crippen molar-refractivity contribution >= 4 is 21.4 Å². The van der Waals surface area contributed by atoms with Crippen molar-refractivity contribution < 1.29 is 13.2 Å². The van der Waals surface area contributed by atoms with Crippen molar-refractivity contribution in [3.63, 3.8) is 0 Å². The summed E-state index contributed by atoms with van der Waals surface area (Å²) in [5, 5.41) is 2.74. The molecular formula is C15H24N2O3S. The first-order valence-corrected chi connectivity index (χ1v) is 8.93. The van der Waals surface area contributed by atoms with E-state index in [-0.39, 0.29) is 17.3 Å². The molecule has 0 unspecified atom stereocenters. The van der Waals surface area contributed by atoms with E-state index >= 15 is 0 Å². The van der Waals surface area contributed by atoms with Crippen LogP contribution in [0.3, 0.4) is 0 Å². The minimum atomic E-state index is -3.27. The van der Waals surface area contributed by atoms with Crippen molar-refractivity contribution in [2.24, 2.45) is 0 Å². The van der Waals surface area contributed by atoms with E-state index in [2.05, 4.69) is 19.2 Å². The van der Waals surface area contributed by atoms with E-state index in [1.807, 2.05) is 11.9 Å². The number of benzene rings is 1. The van der Waals surface area contributed by atoms with Crippen molar-refractivity contribution in [3.05, 3.63) is 24.3 Å². The van der Waals surface area contributed by atoms with Crippen LogP contribution in [0.25, 0.3) is 0 Å². The highest BCUT2D eigenvalue weighted by Crippen LogP contribution is 2.15. The molecule has 0 saturated carbocycles. The van der Waals surface area contributed by atoms with Gasteiger partial charge in [0.05, 0.1) is 11.4 Å². The molecule has 0 spiro atoms. The van der Waals surface area contributed by atoms with E-state index in [0.29, 0.717) is 11.7 Å². The summed E-state index contributed by atoms with van der Waals surface area (Å²) in [7, 11) is -1.36. The van der Waals surface area contributed by atoms with E-state index in [4.69, 9.17) is 0 Å². The Labute approximate surface area is 127 Å². The summed E-state index contributed by atoms with van der Waals surface area (Å²) in [5.41, 5.74) is 0.500. The predicted octanol–water partition coefficient (Wildman–Crippen LogP) is 2.15. The standard InChI is InChI=1S/C15H24N2O3S/c1-5-7-12(2)17(3)11-15(18)16-13-8-6-9-14(10-13)21(4,19)20/h6,8-10,12H,5,7,11H2,1-4H3,(H,16,18)/t12-/m0/s1. The van der Waals surface area contributed by atoms with E-state index in [1.165, 1.54) is 12.1 Å². The van der Waals surface area contributed by atoms with Gasteiger partial charge in [-0.1, -0.05) is 19.4 Å². The summed E-state index contributed by atoms with van der Waals surface area (Å²) >= 11 is 0. The van der Waals surface area contributed by atoms with E-state index in [0.717, 1.165) is 19.1 Å². The number of likely N-dealkylation sites (N-methyl/N-ethyl adjacent to an activating group) is 1. The van der Waals surface area contributed by atoms with E-state index < -0.39 is 9.84 Å². The lowest BCUT2D eigenvalue weighted by atomic mass is 10.2. The molecule has 1 N–H and O–H groups in total. The average molecular weight is 312 g/mol.